The Morgan fingerprint density at radius 2 is 2.08 bits per heavy atom. The summed E-state index contributed by atoms with van der Waals surface area (Å²) in [5.41, 5.74) is -0.859. The van der Waals surface area contributed by atoms with Crippen LogP contribution in [0.3, 0.4) is 0 Å². The normalized spacial score (nSPS) is 14.0. The molecule has 0 saturated carbocycles. The Balaban J connectivity index is 1.89. The predicted octanol–water partition coefficient (Wildman–Crippen LogP) is 3.19. The van der Waals surface area contributed by atoms with E-state index in [0.29, 0.717) is 17.5 Å². The summed E-state index contributed by atoms with van der Waals surface area (Å²) in [5, 5.41) is 9.61. The van der Waals surface area contributed by atoms with Crippen LogP contribution in [0.5, 0.6) is 0 Å². The number of halogens is 3. The third-order valence-electron chi connectivity index (χ3n) is 3.43. The molecule has 10 heteroatoms. The molecule has 1 unspecified atom stereocenters. The number of likely N-dealkylation sites (N-methyl/N-ethyl adjacent to an activating group) is 1. The van der Waals surface area contributed by atoms with E-state index in [9.17, 15) is 13.2 Å². The first-order valence-electron chi connectivity index (χ1n) is 7.47. The lowest BCUT2D eigenvalue weighted by molar-refractivity contribution is -0.140. The average Bonchev–Trinajstić information content (AvgIpc) is 3.21. The molecule has 2 aromatic heterocycles. The first kappa shape index (κ1) is 19.7. The summed E-state index contributed by atoms with van der Waals surface area (Å²) < 4.78 is 37.7. The highest BCUT2D eigenvalue weighted by Crippen LogP contribution is 2.29. The van der Waals surface area contributed by atoms with Crippen molar-refractivity contribution in [2.45, 2.75) is 18.8 Å². The maximum Gasteiger partial charge on any atom is 0.434 e. The summed E-state index contributed by atoms with van der Waals surface area (Å²) in [6.07, 6.45) is -4.41. The third kappa shape index (κ3) is 5.68. The smallest absolute Gasteiger partial charge is 0.354 e. The van der Waals surface area contributed by atoms with Gasteiger partial charge in [-0.25, -0.2) is 4.98 Å². The second-order valence-corrected chi connectivity index (χ2v) is 7.35. The molecule has 0 aliphatic heterocycles. The zero-order valence-corrected chi connectivity index (χ0v) is 15.7. The zero-order chi connectivity index (χ0) is 18.4. The van der Waals surface area contributed by atoms with Crippen LogP contribution in [0.1, 0.15) is 21.6 Å². The molecule has 2 aromatic rings. The van der Waals surface area contributed by atoms with E-state index >= 15 is 0 Å². The lowest BCUT2D eigenvalue weighted by Crippen LogP contribution is -2.41. The van der Waals surface area contributed by atoms with Gasteiger partial charge in [0.2, 0.25) is 0 Å². The fourth-order valence-corrected chi connectivity index (χ4v) is 3.78. The van der Waals surface area contributed by atoms with Crippen molar-refractivity contribution in [1.29, 1.82) is 0 Å². The number of thiophene rings is 1. The number of thiazole rings is 1. The van der Waals surface area contributed by atoms with Crippen LogP contribution in [0.4, 0.5) is 13.2 Å². The van der Waals surface area contributed by atoms with Gasteiger partial charge in [0.25, 0.3) is 0 Å². The minimum atomic E-state index is -4.41. The molecule has 0 aliphatic rings. The van der Waals surface area contributed by atoms with Crippen molar-refractivity contribution in [3.63, 3.8) is 0 Å². The van der Waals surface area contributed by atoms with Gasteiger partial charge >= 0.3 is 6.18 Å². The summed E-state index contributed by atoms with van der Waals surface area (Å²) in [7, 11) is 5.61. The van der Waals surface area contributed by atoms with E-state index in [1.807, 2.05) is 25.5 Å². The van der Waals surface area contributed by atoms with Gasteiger partial charge in [-0.05, 0) is 25.5 Å². The Bertz CT molecular complexity index is 680. The fraction of sp³-hybridized carbons (Fsp3) is 0.467. The molecular formula is C15H20F3N5S2. The predicted molar refractivity (Wildman–Crippen MR) is 96.1 cm³/mol. The van der Waals surface area contributed by atoms with Crippen LogP contribution < -0.4 is 10.6 Å². The van der Waals surface area contributed by atoms with Gasteiger partial charge in [0.15, 0.2) is 11.7 Å². The van der Waals surface area contributed by atoms with E-state index in [0.717, 1.165) is 16.7 Å². The van der Waals surface area contributed by atoms with Gasteiger partial charge in [-0.2, -0.15) is 13.2 Å². The Morgan fingerprint density at radius 1 is 1.32 bits per heavy atom. The summed E-state index contributed by atoms with van der Waals surface area (Å²) in [4.78, 5) is 11.0. The summed E-state index contributed by atoms with van der Waals surface area (Å²) in [6.45, 7) is 0.810. The molecule has 138 valence electrons. The van der Waals surface area contributed by atoms with E-state index in [1.165, 1.54) is 4.88 Å². The maximum absolute atomic E-state index is 12.6. The molecule has 2 heterocycles. The lowest BCUT2D eigenvalue weighted by Gasteiger charge is -2.24. The quantitative estimate of drug-likeness (QED) is 0.587. The Morgan fingerprint density at radius 3 is 2.60 bits per heavy atom. The monoisotopic (exact) mass is 391 g/mol. The molecule has 0 aliphatic carbocycles. The number of rotatable bonds is 6. The van der Waals surface area contributed by atoms with Crippen molar-refractivity contribution >= 4 is 28.6 Å². The van der Waals surface area contributed by atoms with E-state index < -0.39 is 11.9 Å². The molecule has 0 aromatic carbocycles. The highest BCUT2D eigenvalue weighted by atomic mass is 32.1. The molecule has 1 atom stereocenters. The Hall–Kier alpha value is -1.65. The van der Waals surface area contributed by atoms with Crippen LogP contribution in [0.15, 0.2) is 27.9 Å². The van der Waals surface area contributed by atoms with Gasteiger partial charge in [-0.3, -0.25) is 4.99 Å². The van der Waals surface area contributed by atoms with Crippen molar-refractivity contribution in [1.82, 2.24) is 20.5 Å². The molecule has 2 rings (SSSR count). The third-order valence-corrected chi connectivity index (χ3v) is 5.25. The van der Waals surface area contributed by atoms with Crippen molar-refractivity contribution in [2.24, 2.45) is 4.99 Å². The SMILES string of the molecule is CN=C(NCc1nc(C(F)(F)F)cs1)NCC(c1cccs1)N(C)C. The highest BCUT2D eigenvalue weighted by molar-refractivity contribution is 7.10. The molecule has 0 saturated heterocycles. The maximum atomic E-state index is 12.6. The molecule has 25 heavy (non-hydrogen) atoms. The largest absolute Gasteiger partial charge is 0.434 e. The van der Waals surface area contributed by atoms with E-state index in [1.54, 1.807) is 18.4 Å². The molecule has 2 N–H and O–H groups in total. The van der Waals surface area contributed by atoms with Crippen LogP contribution in [0.2, 0.25) is 0 Å². The minimum absolute atomic E-state index is 0.176. The van der Waals surface area contributed by atoms with Crippen molar-refractivity contribution in [2.75, 3.05) is 27.7 Å². The highest BCUT2D eigenvalue weighted by Gasteiger charge is 2.33. The van der Waals surface area contributed by atoms with Crippen LogP contribution in [-0.4, -0.2) is 43.5 Å². The number of aromatic nitrogens is 1. The first-order chi connectivity index (χ1) is 11.8. The number of hydrogen-bond acceptors (Lipinski definition) is 5. The lowest BCUT2D eigenvalue weighted by atomic mass is 10.2. The fourth-order valence-electron chi connectivity index (χ4n) is 2.11. The number of hydrogen-bond donors (Lipinski definition) is 2. The standard InChI is InChI=1S/C15H20F3N5S2/c1-19-14(20-7-10(23(2)3)11-5-4-6-24-11)21-8-13-22-12(9-25-13)15(16,17)18/h4-6,9-10H,7-8H2,1-3H3,(H2,19,20,21). The second kappa shape index (κ2) is 8.63. The number of nitrogens with one attached hydrogen (secondary N) is 2. The minimum Gasteiger partial charge on any atom is -0.354 e. The molecule has 0 amide bonds. The van der Waals surface area contributed by atoms with Gasteiger partial charge in [0.1, 0.15) is 5.01 Å². The van der Waals surface area contributed by atoms with E-state index in [-0.39, 0.29) is 12.6 Å². The molecule has 0 fully saturated rings. The van der Waals surface area contributed by atoms with Crippen molar-refractivity contribution in [3.8, 4) is 0 Å². The summed E-state index contributed by atoms with van der Waals surface area (Å²) in [6, 6.07) is 4.25. The van der Waals surface area contributed by atoms with E-state index in [2.05, 4.69) is 31.6 Å². The number of alkyl halides is 3. The molecule has 0 spiro atoms. The van der Waals surface area contributed by atoms with Crippen LogP contribution in [0, 0.1) is 0 Å². The average molecular weight is 391 g/mol. The Labute approximate surface area is 152 Å². The van der Waals surface area contributed by atoms with Crippen molar-refractivity contribution in [3.05, 3.63) is 38.5 Å². The summed E-state index contributed by atoms with van der Waals surface area (Å²) in [5.74, 6) is 0.521. The Kier molecular flexibility index (Phi) is 6.79. The molecule has 0 bridgehead atoms. The zero-order valence-electron chi connectivity index (χ0n) is 14.1. The van der Waals surface area contributed by atoms with Gasteiger partial charge < -0.3 is 15.5 Å². The van der Waals surface area contributed by atoms with Gasteiger partial charge in [0.05, 0.1) is 12.6 Å². The van der Waals surface area contributed by atoms with Crippen LogP contribution in [-0.2, 0) is 12.7 Å². The second-order valence-electron chi connectivity index (χ2n) is 5.43. The first-order valence-corrected chi connectivity index (χ1v) is 9.23. The molecule has 5 nitrogen and oxygen atoms in total. The van der Waals surface area contributed by atoms with Crippen LogP contribution in [0.25, 0.3) is 0 Å². The van der Waals surface area contributed by atoms with Crippen LogP contribution >= 0.6 is 22.7 Å². The van der Waals surface area contributed by atoms with Gasteiger partial charge in [-0.1, -0.05) is 6.07 Å². The number of guanidine groups is 1. The summed E-state index contributed by atoms with van der Waals surface area (Å²) >= 11 is 2.65. The number of nitrogens with zero attached hydrogens (tertiary/aromatic N) is 3. The van der Waals surface area contributed by atoms with Gasteiger partial charge in [-0.15, -0.1) is 22.7 Å². The molecule has 0 radical (unpaired) electrons. The van der Waals surface area contributed by atoms with Gasteiger partial charge in [0, 0.05) is 23.8 Å². The van der Waals surface area contributed by atoms with E-state index in [4.69, 9.17) is 0 Å². The van der Waals surface area contributed by atoms with Crippen molar-refractivity contribution < 1.29 is 13.2 Å². The molecular weight excluding hydrogens is 371 g/mol. The topological polar surface area (TPSA) is 52.6 Å². The number of aliphatic imine (C=N–C) groups is 1.